The molecular weight excluding hydrogens is 133 g/mol. The van der Waals surface area contributed by atoms with E-state index in [4.69, 9.17) is 7.98 Å². The van der Waals surface area contributed by atoms with Crippen molar-refractivity contribution >= 4 is 19.7 Å². The quantitative estimate of drug-likeness (QED) is 0.625. The van der Waals surface area contributed by atoms with E-state index in [0.717, 1.165) is 11.3 Å². The van der Waals surface area contributed by atoms with Gasteiger partial charge in [-0.25, -0.2) is 0 Å². The molecule has 0 saturated heterocycles. The highest BCUT2D eigenvalue weighted by Gasteiger charge is 1.91. The lowest BCUT2D eigenvalue weighted by Gasteiger charge is -2.03. The van der Waals surface area contributed by atoms with Crippen molar-refractivity contribution in [1.29, 1.82) is 0 Å². The Morgan fingerprint density at radius 2 is 2.09 bits per heavy atom. The standard InChI is InChI=1S/C9H10BN/c1-2-5-8-6-3-4-7-9(8)11-10/h2-7,11H,1H3/b5-2+. The van der Waals surface area contributed by atoms with E-state index in [1.54, 1.807) is 0 Å². The molecule has 11 heavy (non-hydrogen) atoms. The van der Waals surface area contributed by atoms with Gasteiger partial charge in [-0.15, -0.1) is 0 Å². The van der Waals surface area contributed by atoms with Crippen molar-refractivity contribution in [3.63, 3.8) is 0 Å². The van der Waals surface area contributed by atoms with Crippen molar-refractivity contribution in [3.8, 4) is 0 Å². The fraction of sp³-hybridized carbons (Fsp3) is 0.111. The molecule has 2 heteroatoms. The molecular formula is C9H10BN. The number of allylic oxidation sites excluding steroid dienone is 1. The van der Waals surface area contributed by atoms with Gasteiger partial charge in [-0.2, -0.15) is 0 Å². The first-order valence-corrected chi connectivity index (χ1v) is 3.57. The summed E-state index contributed by atoms with van der Waals surface area (Å²) >= 11 is 0. The molecule has 0 atom stereocenters. The highest BCUT2D eigenvalue weighted by atomic mass is 14.7. The van der Waals surface area contributed by atoms with Gasteiger partial charge in [0.1, 0.15) is 0 Å². The van der Waals surface area contributed by atoms with Gasteiger partial charge in [-0.05, 0) is 18.6 Å². The minimum Gasteiger partial charge on any atom is -0.437 e. The molecule has 0 heterocycles. The first-order chi connectivity index (χ1) is 5.38. The summed E-state index contributed by atoms with van der Waals surface area (Å²) in [6.07, 6.45) is 3.99. The first-order valence-electron chi connectivity index (χ1n) is 3.57. The Hall–Kier alpha value is -1.18. The zero-order valence-electron chi connectivity index (χ0n) is 6.54. The summed E-state index contributed by atoms with van der Waals surface area (Å²) in [6, 6.07) is 7.88. The Morgan fingerprint density at radius 3 is 2.73 bits per heavy atom. The van der Waals surface area contributed by atoms with Crippen molar-refractivity contribution in [2.45, 2.75) is 6.92 Å². The average molecular weight is 143 g/mol. The van der Waals surface area contributed by atoms with E-state index in [-0.39, 0.29) is 0 Å². The maximum absolute atomic E-state index is 5.30. The van der Waals surface area contributed by atoms with Crippen molar-refractivity contribution in [3.05, 3.63) is 35.9 Å². The SMILES string of the molecule is [B]Nc1ccccc1/C=C/C. The van der Waals surface area contributed by atoms with E-state index < -0.39 is 0 Å². The second-order valence-electron chi connectivity index (χ2n) is 2.23. The second-order valence-corrected chi connectivity index (χ2v) is 2.23. The number of para-hydroxylation sites is 1. The van der Waals surface area contributed by atoms with Crippen LogP contribution in [-0.2, 0) is 0 Å². The van der Waals surface area contributed by atoms with Crippen LogP contribution < -0.4 is 5.23 Å². The van der Waals surface area contributed by atoms with Crippen LogP contribution in [-0.4, -0.2) is 7.98 Å². The summed E-state index contributed by atoms with van der Waals surface area (Å²) in [4.78, 5) is 0. The van der Waals surface area contributed by atoms with Crippen molar-refractivity contribution < 1.29 is 0 Å². The molecule has 1 aromatic rings. The van der Waals surface area contributed by atoms with E-state index in [1.807, 2.05) is 43.3 Å². The lowest BCUT2D eigenvalue weighted by molar-refractivity contribution is 1.62. The predicted molar refractivity (Wildman–Crippen MR) is 50.5 cm³/mol. The van der Waals surface area contributed by atoms with Crippen molar-refractivity contribution in [1.82, 2.24) is 0 Å². The van der Waals surface area contributed by atoms with Crippen LogP contribution in [0.2, 0.25) is 0 Å². The molecule has 0 fully saturated rings. The van der Waals surface area contributed by atoms with Gasteiger partial charge in [0.25, 0.3) is 0 Å². The van der Waals surface area contributed by atoms with Gasteiger partial charge in [-0.1, -0.05) is 30.4 Å². The summed E-state index contributed by atoms with van der Waals surface area (Å²) < 4.78 is 0. The summed E-state index contributed by atoms with van der Waals surface area (Å²) in [5.74, 6) is 0. The van der Waals surface area contributed by atoms with Gasteiger partial charge in [-0.3, -0.25) is 0 Å². The largest absolute Gasteiger partial charge is 0.437 e. The number of benzene rings is 1. The monoisotopic (exact) mass is 143 g/mol. The van der Waals surface area contributed by atoms with E-state index in [9.17, 15) is 0 Å². The van der Waals surface area contributed by atoms with Crippen LogP contribution >= 0.6 is 0 Å². The Kier molecular flexibility index (Phi) is 2.78. The van der Waals surface area contributed by atoms with Crippen LogP contribution in [0.4, 0.5) is 5.69 Å². The summed E-state index contributed by atoms with van der Waals surface area (Å²) in [6.45, 7) is 1.98. The Labute approximate surface area is 68.6 Å². The number of hydrogen-bond acceptors (Lipinski definition) is 1. The van der Waals surface area contributed by atoms with Crippen LogP contribution in [0.1, 0.15) is 12.5 Å². The highest BCUT2D eigenvalue weighted by molar-refractivity contribution is 6.16. The molecule has 0 amide bonds. The molecule has 1 N–H and O–H groups in total. The van der Waals surface area contributed by atoms with Gasteiger partial charge in [0.05, 0.1) is 0 Å². The molecule has 1 aromatic carbocycles. The molecule has 0 aliphatic carbocycles. The normalized spacial score (nSPS) is 10.3. The topological polar surface area (TPSA) is 12.0 Å². The number of nitrogens with one attached hydrogen (secondary N) is 1. The highest BCUT2D eigenvalue weighted by Crippen LogP contribution is 2.14. The van der Waals surface area contributed by atoms with Crippen LogP contribution in [0.3, 0.4) is 0 Å². The summed E-state index contributed by atoms with van der Waals surface area (Å²) in [7, 11) is 5.30. The van der Waals surface area contributed by atoms with Gasteiger partial charge < -0.3 is 5.23 Å². The Bertz CT molecular complexity index is 255. The van der Waals surface area contributed by atoms with Crippen LogP contribution in [0.15, 0.2) is 30.3 Å². The number of rotatable bonds is 2. The lowest BCUT2D eigenvalue weighted by atomic mass is 10.1. The number of anilines is 1. The predicted octanol–water partition coefficient (Wildman–Crippen LogP) is 2.22. The van der Waals surface area contributed by atoms with Gasteiger partial charge >= 0.3 is 0 Å². The molecule has 0 saturated carbocycles. The fourth-order valence-corrected chi connectivity index (χ4v) is 0.953. The summed E-state index contributed by atoms with van der Waals surface area (Å²) in [5, 5.41) is 2.63. The molecule has 0 aliphatic heterocycles. The molecule has 0 aliphatic rings. The fourth-order valence-electron chi connectivity index (χ4n) is 0.953. The second kappa shape index (κ2) is 3.86. The third kappa shape index (κ3) is 1.87. The Morgan fingerprint density at radius 1 is 1.36 bits per heavy atom. The lowest BCUT2D eigenvalue weighted by Crippen LogP contribution is -1.92. The maximum atomic E-state index is 5.30. The zero-order chi connectivity index (χ0) is 8.10. The summed E-state index contributed by atoms with van der Waals surface area (Å²) in [5.41, 5.74) is 2.06. The van der Waals surface area contributed by atoms with Gasteiger partial charge in [0, 0.05) is 5.69 Å². The van der Waals surface area contributed by atoms with E-state index in [1.165, 1.54) is 0 Å². The third-order valence-electron chi connectivity index (χ3n) is 1.46. The molecule has 0 spiro atoms. The van der Waals surface area contributed by atoms with E-state index in [0.29, 0.717) is 0 Å². The molecule has 2 radical (unpaired) electrons. The first kappa shape index (κ1) is 7.93. The molecule has 0 bridgehead atoms. The van der Waals surface area contributed by atoms with Crippen molar-refractivity contribution in [2.24, 2.45) is 0 Å². The third-order valence-corrected chi connectivity index (χ3v) is 1.46. The maximum Gasteiger partial charge on any atom is 0.222 e. The smallest absolute Gasteiger partial charge is 0.222 e. The zero-order valence-corrected chi connectivity index (χ0v) is 6.54. The van der Waals surface area contributed by atoms with Crippen LogP contribution in [0, 0.1) is 0 Å². The molecule has 54 valence electrons. The molecule has 1 nitrogen and oxygen atoms in total. The average Bonchev–Trinajstić information content (AvgIpc) is 2.06. The molecule has 0 unspecified atom stereocenters. The van der Waals surface area contributed by atoms with Crippen LogP contribution in [0.5, 0.6) is 0 Å². The van der Waals surface area contributed by atoms with E-state index in [2.05, 4.69) is 5.23 Å². The molecule has 1 rings (SSSR count). The van der Waals surface area contributed by atoms with Gasteiger partial charge in [0.15, 0.2) is 0 Å². The Balaban J connectivity index is 3.02. The number of hydrogen-bond donors (Lipinski definition) is 1. The van der Waals surface area contributed by atoms with E-state index >= 15 is 0 Å². The minimum atomic E-state index is 0.950. The minimum absolute atomic E-state index is 0.950. The van der Waals surface area contributed by atoms with Crippen molar-refractivity contribution in [2.75, 3.05) is 5.23 Å². The van der Waals surface area contributed by atoms with Crippen LogP contribution in [0.25, 0.3) is 6.08 Å². The van der Waals surface area contributed by atoms with Gasteiger partial charge in [0.2, 0.25) is 7.98 Å². The molecule has 0 aromatic heterocycles.